The zero-order valence-electron chi connectivity index (χ0n) is 46.3. The van der Waals surface area contributed by atoms with E-state index >= 15 is 0 Å². The molecule has 6 aromatic carbocycles. The molecule has 2 heterocycles. The molecule has 2 bridgehead atoms. The van der Waals surface area contributed by atoms with Gasteiger partial charge in [-0.2, -0.15) is 36.3 Å². The molecule has 21 nitrogen and oxygen atoms in total. The number of anilines is 8. The fraction of sp³-hybridized carbons (Fsp3) is 0.345. The molecule has 8 aromatic rings. The lowest BCUT2D eigenvalue weighted by molar-refractivity contribution is -0.288. The number of alkyl halides is 6. The standard InChI is InChI=1S/C15H12F6N2O2.C15H18N2O2.C9H18N2.2C7H7N3O.C4H12N2O.CH4/c16-14(17,18)13(15(19,20)21,7-1-3-11(24)9(22)5-7)8-2-4-12(25)10(23)6-8;1-15(2,9-3-5-13(18)11(16)7-9)10-4-6-14(19)12(17)8-10;10-4-8-2-6-1-7(8)3-9(6)5-11;8-4-1-2-6-5(3-4)10-7(9)11-6;8-4-1-2-5-6(3-4)11-7(9)10-5;1-4(2-5)7-3-6;/h1-6,24-25H,22-23H2;3-8,18-19H,16-17H2,1-2H3;6-9H,1-5,10-11H2;2*1-3H,8H2,(H2,9,10);4H,2-3,5-6H2,1H3;1H4. The molecule has 0 amide bonds. The molecule has 5 unspecified atom stereocenters. The van der Waals surface area contributed by atoms with Crippen molar-refractivity contribution in [2.24, 2.45) is 46.6 Å². The summed E-state index contributed by atoms with van der Waals surface area (Å²) in [5.41, 5.74) is 63.3. The minimum atomic E-state index is -5.82. The van der Waals surface area contributed by atoms with Gasteiger partial charge in [0.15, 0.2) is 11.2 Å². The van der Waals surface area contributed by atoms with Crippen molar-refractivity contribution in [3.05, 3.63) is 131 Å². The summed E-state index contributed by atoms with van der Waals surface area (Å²) in [6, 6.07) is 24.1. The Labute approximate surface area is 487 Å². The molecule has 5 atom stereocenters. The molecule has 464 valence electrons. The van der Waals surface area contributed by atoms with Crippen molar-refractivity contribution >= 4 is 68.4 Å². The van der Waals surface area contributed by atoms with E-state index < -0.39 is 51.8 Å². The van der Waals surface area contributed by atoms with Crippen LogP contribution in [0.3, 0.4) is 0 Å². The van der Waals surface area contributed by atoms with E-state index in [1.807, 2.05) is 32.9 Å². The number of nitrogens with two attached hydrogens (primary N) is 12. The number of phenols is 4. The van der Waals surface area contributed by atoms with Crippen LogP contribution < -0.4 is 68.8 Å². The van der Waals surface area contributed by atoms with Crippen LogP contribution in [0.2, 0.25) is 0 Å². The molecule has 0 radical (unpaired) electrons. The molecule has 2 saturated carbocycles. The van der Waals surface area contributed by atoms with E-state index in [1.165, 1.54) is 19.3 Å². The van der Waals surface area contributed by atoms with Crippen LogP contribution in [0.1, 0.15) is 69.7 Å². The number of aromatic hydroxyl groups is 4. The van der Waals surface area contributed by atoms with Crippen molar-refractivity contribution in [2.45, 2.75) is 76.7 Å². The highest BCUT2D eigenvalue weighted by atomic mass is 19.4. The maximum atomic E-state index is 13.8. The topological polar surface area (TPSA) is 454 Å². The molecule has 0 spiro atoms. The fourth-order valence-electron chi connectivity index (χ4n) is 9.86. The average Bonchev–Trinajstić information content (AvgIpc) is 1.59. The fourth-order valence-corrected chi connectivity index (χ4v) is 9.86. The second-order valence-electron chi connectivity index (χ2n) is 20.6. The number of hydrogen-bond donors (Lipinski definition) is 16. The summed E-state index contributed by atoms with van der Waals surface area (Å²) in [5, 5.41) is 37.6. The van der Waals surface area contributed by atoms with E-state index in [0.29, 0.717) is 82.4 Å². The van der Waals surface area contributed by atoms with Crippen LogP contribution in [0.4, 0.5) is 72.5 Å². The van der Waals surface area contributed by atoms with Gasteiger partial charge in [0.25, 0.3) is 12.0 Å². The van der Waals surface area contributed by atoms with Crippen molar-refractivity contribution in [2.75, 3.05) is 72.2 Å². The van der Waals surface area contributed by atoms with Crippen molar-refractivity contribution in [1.82, 2.24) is 9.97 Å². The number of benzene rings is 6. The van der Waals surface area contributed by atoms with Crippen molar-refractivity contribution in [1.29, 1.82) is 0 Å². The summed E-state index contributed by atoms with van der Waals surface area (Å²) in [6.45, 7) is 8.55. The number of fused-ring (bicyclic) bond motifs is 4. The van der Waals surface area contributed by atoms with E-state index in [0.717, 1.165) is 53.4 Å². The third-order valence-corrected chi connectivity index (χ3v) is 14.6. The molecule has 2 fully saturated rings. The van der Waals surface area contributed by atoms with Gasteiger partial charge in [-0.3, -0.25) is 0 Å². The van der Waals surface area contributed by atoms with Gasteiger partial charge in [0.1, 0.15) is 34.0 Å². The van der Waals surface area contributed by atoms with Gasteiger partial charge < -0.3 is 103 Å². The Bertz CT molecular complexity index is 3240. The van der Waals surface area contributed by atoms with Gasteiger partial charge in [-0.25, -0.2) is 0 Å². The van der Waals surface area contributed by atoms with Crippen LogP contribution in [0.15, 0.2) is 118 Å². The molecule has 0 aliphatic heterocycles. The highest BCUT2D eigenvalue weighted by Crippen LogP contribution is 2.57. The molecule has 2 aliphatic rings. The number of aromatic nitrogens is 2. The number of oxazole rings is 2. The van der Waals surface area contributed by atoms with Crippen LogP contribution in [0.5, 0.6) is 23.0 Å². The third kappa shape index (κ3) is 16.5. The average molecular weight is 1200 g/mol. The normalized spacial score (nSPS) is 16.6. The zero-order chi connectivity index (χ0) is 62.6. The van der Waals surface area contributed by atoms with Crippen LogP contribution >= 0.6 is 0 Å². The molecule has 27 heteroatoms. The number of phenolic OH excluding ortho intramolecular Hbond substituents is 4. The number of ether oxygens (including phenoxy) is 1. The predicted octanol–water partition coefficient (Wildman–Crippen LogP) is 8.71. The second kappa shape index (κ2) is 28.7. The van der Waals surface area contributed by atoms with Gasteiger partial charge >= 0.3 is 12.4 Å². The summed E-state index contributed by atoms with van der Waals surface area (Å²) in [6.07, 6.45) is -7.39. The molecule has 28 N–H and O–H groups in total. The number of halogens is 6. The minimum Gasteiger partial charge on any atom is -0.506 e. The molecule has 2 aliphatic carbocycles. The van der Waals surface area contributed by atoms with Crippen molar-refractivity contribution in [3.8, 4) is 23.0 Å². The molecule has 0 saturated heterocycles. The lowest BCUT2D eigenvalue weighted by Crippen LogP contribution is -2.54. The summed E-state index contributed by atoms with van der Waals surface area (Å²) >= 11 is 0. The lowest BCUT2D eigenvalue weighted by Gasteiger charge is -2.38. The monoisotopic (exact) mass is 1200 g/mol. The molecular formula is C58H78F6N14O7. The molecule has 10 rings (SSSR count). The van der Waals surface area contributed by atoms with E-state index in [2.05, 4.69) is 9.97 Å². The van der Waals surface area contributed by atoms with Crippen LogP contribution in [-0.4, -0.2) is 75.2 Å². The lowest BCUT2D eigenvalue weighted by atomic mass is 9.72. The van der Waals surface area contributed by atoms with Gasteiger partial charge in [0.05, 0.1) is 35.6 Å². The minimum absolute atomic E-state index is 0. The summed E-state index contributed by atoms with van der Waals surface area (Å²) < 4.78 is 97.6. The summed E-state index contributed by atoms with van der Waals surface area (Å²) in [5.74, 6) is 2.36. The van der Waals surface area contributed by atoms with Gasteiger partial charge in [0, 0.05) is 29.4 Å². The number of nitrogens with zero attached hydrogens (tertiary/aromatic N) is 2. The van der Waals surface area contributed by atoms with Gasteiger partial charge in [0.2, 0.25) is 5.41 Å². The van der Waals surface area contributed by atoms with Crippen LogP contribution in [0.25, 0.3) is 22.2 Å². The SMILES string of the molecule is C.CC(C)(c1ccc(O)c(N)c1)c1ccc(O)c(N)c1.CC(CN)OCN.NCC1CC2CC1CC2CN.Nc1cc(C(c2ccc(O)c(N)c2)(C(F)(F)F)C(F)(F)F)ccc1O.Nc1ccc2nc(N)oc2c1.Nc1ccc2oc(N)nc2c1. The first-order chi connectivity index (χ1) is 39.3. The van der Waals surface area contributed by atoms with E-state index in [9.17, 15) is 46.8 Å². The quantitative estimate of drug-likeness (QED) is 0.0278. The summed E-state index contributed by atoms with van der Waals surface area (Å²) in [4.78, 5) is 7.81. The van der Waals surface area contributed by atoms with Crippen molar-refractivity contribution < 1.29 is 60.3 Å². The third-order valence-electron chi connectivity index (χ3n) is 14.6. The number of rotatable bonds is 9. The molecule has 2 aromatic heterocycles. The number of hydrogen-bond acceptors (Lipinski definition) is 21. The number of nitrogen functional groups attached to an aromatic ring is 8. The van der Waals surface area contributed by atoms with E-state index in [4.69, 9.17) is 82.4 Å². The Kier molecular flexibility index (Phi) is 23.2. The van der Waals surface area contributed by atoms with Gasteiger partial charge in [-0.05, 0) is 164 Å². The Balaban J connectivity index is 0.000000229. The van der Waals surface area contributed by atoms with Gasteiger partial charge in [-0.1, -0.05) is 45.5 Å². The maximum absolute atomic E-state index is 13.8. The zero-order valence-corrected chi connectivity index (χ0v) is 46.3. The first-order valence-electron chi connectivity index (χ1n) is 26.1. The maximum Gasteiger partial charge on any atom is 0.411 e. The Morgan fingerprint density at radius 3 is 1.25 bits per heavy atom. The highest BCUT2D eigenvalue weighted by Gasteiger charge is 2.72. The smallest absolute Gasteiger partial charge is 0.411 e. The Morgan fingerprint density at radius 2 is 0.882 bits per heavy atom. The largest absolute Gasteiger partial charge is 0.506 e. The van der Waals surface area contributed by atoms with Gasteiger partial charge in [-0.15, -0.1) is 0 Å². The molecular weight excluding hydrogens is 1120 g/mol. The first kappa shape index (κ1) is 68.7. The summed E-state index contributed by atoms with van der Waals surface area (Å²) in [7, 11) is 0. The molecule has 85 heavy (non-hydrogen) atoms. The van der Waals surface area contributed by atoms with Crippen molar-refractivity contribution in [3.63, 3.8) is 0 Å². The van der Waals surface area contributed by atoms with Crippen LogP contribution in [0, 0.1) is 23.7 Å². The van der Waals surface area contributed by atoms with Crippen LogP contribution in [-0.2, 0) is 15.6 Å². The second-order valence-corrected chi connectivity index (χ2v) is 20.6. The highest BCUT2D eigenvalue weighted by molar-refractivity contribution is 5.78. The Hall–Kier alpha value is -8.76. The first-order valence-corrected chi connectivity index (χ1v) is 26.1. The van der Waals surface area contributed by atoms with E-state index in [1.54, 1.807) is 60.7 Å². The predicted molar refractivity (Wildman–Crippen MR) is 322 cm³/mol. The van der Waals surface area contributed by atoms with E-state index in [-0.39, 0.29) is 49.2 Å². The Morgan fingerprint density at radius 1 is 0.506 bits per heavy atom.